The molecule has 1 rings (SSSR count). The van der Waals surface area contributed by atoms with E-state index >= 15 is 0 Å². The molecule has 0 saturated carbocycles. The second kappa shape index (κ2) is 7.07. The third-order valence-electron chi connectivity index (χ3n) is 2.35. The molecule has 20 heavy (non-hydrogen) atoms. The molecular formula is C12H13FN2O5. The lowest BCUT2D eigenvalue weighted by Gasteiger charge is -2.14. The molecule has 2 amide bonds. The zero-order chi connectivity index (χ0) is 15.1. The zero-order valence-corrected chi connectivity index (χ0v) is 10.3. The number of rotatable bonds is 6. The number of amides is 2. The Kier molecular flexibility index (Phi) is 5.45. The summed E-state index contributed by atoms with van der Waals surface area (Å²) in [4.78, 5) is 32.8. The lowest BCUT2D eigenvalue weighted by molar-refractivity contribution is -0.140. The minimum atomic E-state index is -1.33. The number of hydrogen-bond donors (Lipinski definition) is 4. The highest BCUT2D eigenvalue weighted by Gasteiger charge is 2.20. The van der Waals surface area contributed by atoms with Crippen LogP contribution in [0.3, 0.4) is 0 Å². The van der Waals surface area contributed by atoms with Gasteiger partial charge in [-0.15, -0.1) is 0 Å². The van der Waals surface area contributed by atoms with Crippen LogP contribution in [0, 0.1) is 5.82 Å². The highest BCUT2D eigenvalue weighted by atomic mass is 19.1. The van der Waals surface area contributed by atoms with Gasteiger partial charge in [-0.05, 0) is 30.7 Å². The van der Waals surface area contributed by atoms with Crippen molar-refractivity contribution >= 4 is 23.7 Å². The van der Waals surface area contributed by atoms with Gasteiger partial charge < -0.3 is 20.8 Å². The van der Waals surface area contributed by atoms with Crippen LogP contribution in [-0.2, 0) is 9.59 Å². The molecule has 0 radical (unpaired) electrons. The second-order valence-corrected chi connectivity index (χ2v) is 3.93. The molecule has 0 aliphatic heterocycles. The van der Waals surface area contributed by atoms with E-state index in [2.05, 4.69) is 10.6 Å². The van der Waals surface area contributed by atoms with Crippen LogP contribution in [0.4, 0.5) is 14.9 Å². The Hall–Kier alpha value is -2.64. The van der Waals surface area contributed by atoms with E-state index in [1.807, 2.05) is 0 Å². The third-order valence-corrected chi connectivity index (χ3v) is 2.35. The Labute approximate surface area is 113 Å². The van der Waals surface area contributed by atoms with E-state index in [0.29, 0.717) is 0 Å². The summed E-state index contributed by atoms with van der Waals surface area (Å²) in [6.45, 7) is 0. The van der Waals surface area contributed by atoms with E-state index in [1.54, 1.807) is 0 Å². The molecule has 4 N–H and O–H groups in total. The van der Waals surface area contributed by atoms with Gasteiger partial charge in [0.05, 0.1) is 0 Å². The molecule has 0 aliphatic carbocycles. The van der Waals surface area contributed by atoms with Gasteiger partial charge in [-0.3, -0.25) is 4.79 Å². The van der Waals surface area contributed by atoms with Gasteiger partial charge >= 0.3 is 18.0 Å². The SMILES string of the molecule is O=C(O)CCC(NC(=O)Nc1ccc(F)cc1)C(=O)O. The number of nitrogens with one attached hydrogen (secondary N) is 2. The van der Waals surface area contributed by atoms with Crippen molar-refractivity contribution in [1.29, 1.82) is 0 Å². The van der Waals surface area contributed by atoms with Crippen LogP contribution in [0.2, 0.25) is 0 Å². The smallest absolute Gasteiger partial charge is 0.326 e. The third kappa shape index (κ3) is 5.34. The van der Waals surface area contributed by atoms with Gasteiger partial charge in [0.2, 0.25) is 0 Å². The van der Waals surface area contributed by atoms with Gasteiger partial charge in [0.25, 0.3) is 0 Å². The highest BCUT2D eigenvalue weighted by Crippen LogP contribution is 2.08. The van der Waals surface area contributed by atoms with E-state index < -0.39 is 29.8 Å². The molecule has 1 aromatic carbocycles. The van der Waals surface area contributed by atoms with Gasteiger partial charge in [0.1, 0.15) is 11.9 Å². The second-order valence-electron chi connectivity index (χ2n) is 3.93. The van der Waals surface area contributed by atoms with E-state index in [4.69, 9.17) is 10.2 Å². The number of halogens is 1. The average molecular weight is 284 g/mol. The first-order valence-corrected chi connectivity index (χ1v) is 5.66. The first-order valence-electron chi connectivity index (χ1n) is 5.66. The fourth-order valence-corrected chi connectivity index (χ4v) is 1.38. The van der Waals surface area contributed by atoms with E-state index in [0.717, 1.165) is 12.1 Å². The molecule has 0 saturated heterocycles. The summed E-state index contributed by atoms with van der Waals surface area (Å²) in [5.41, 5.74) is 0.284. The summed E-state index contributed by atoms with van der Waals surface area (Å²) < 4.78 is 12.7. The molecule has 1 aromatic rings. The number of anilines is 1. The summed E-state index contributed by atoms with van der Waals surface area (Å²) >= 11 is 0. The lowest BCUT2D eigenvalue weighted by atomic mass is 10.1. The largest absolute Gasteiger partial charge is 0.481 e. The summed E-state index contributed by atoms with van der Waals surface area (Å²) in [7, 11) is 0. The molecule has 0 heterocycles. The predicted molar refractivity (Wildman–Crippen MR) is 66.8 cm³/mol. The van der Waals surface area contributed by atoms with Crippen molar-refractivity contribution in [1.82, 2.24) is 5.32 Å². The minimum absolute atomic E-state index is 0.235. The van der Waals surface area contributed by atoms with E-state index in [-0.39, 0.29) is 18.5 Å². The van der Waals surface area contributed by atoms with Crippen LogP contribution in [0.15, 0.2) is 24.3 Å². The van der Waals surface area contributed by atoms with Crippen LogP contribution in [0.25, 0.3) is 0 Å². The van der Waals surface area contributed by atoms with Crippen molar-refractivity contribution < 1.29 is 29.0 Å². The topological polar surface area (TPSA) is 116 Å². The maximum atomic E-state index is 12.7. The first-order chi connectivity index (χ1) is 9.38. The Bertz CT molecular complexity index is 503. The number of carbonyl (C=O) groups excluding carboxylic acids is 1. The van der Waals surface area contributed by atoms with Crippen LogP contribution in [0.1, 0.15) is 12.8 Å². The minimum Gasteiger partial charge on any atom is -0.481 e. The number of benzene rings is 1. The Morgan fingerprint density at radius 3 is 2.25 bits per heavy atom. The molecule has 7 nitrogen and oxygen atoms in total. The normalized spacial score (nSPS) is 11.4. The van der Waals surface area contributed by atoms with Gasteiger partial charge in [0.15, 0.2) is 0 Å². The maximum absolute atomic E-state index is 12.7. The predicted octanol–water partition coefficient (Wildman–Crippen LogP) is 1.27. The van der Waals surface area contributed by atoms with Gasteiger partial charge in [-0.1, -0.05) is 0 Å². The van der Waals surface area contributed by atoms with Crippen molar-refractivity contribution in [3.63, 3.8) is 0 Å². The van der Waals surface area contributed by atoms with Gasteiger partial charge in [-0.25, -0.2) is 14.0 Å². The summed E-state index contributed by atoms with van der Waals surface area (Å²) in [6.07, 6.45) is -0.616. The number of carbonyl (C=O) groups is 3. The van der Waals surface area contributed by atoms with Crippen LogP contribution >= 0.6 is 0 Å². The van der Waals surface area contributed by atoms with Crippen molar-refractivity contribution in [2.24, 2.45) is 0 Å². The monoisotopic (exact) mass is 284 g/mol. The molecular weight excluding hydrogens is 271 g/mol. The molecule has 108 valence electrons. The Morgan fingerprint density at radius 1 is 1.15 bits per heavy atom. The molecule has 0 bridgehead atoms. The Morgan fingerprint density at radius 2 is 1.75 bits per heavy atom. The molecule has 0 aromatic heterocycles. The summed E-state index contributed by atoms with van der Waals surface area (Å²) in [5, 5.41) is 21.8. The zero-order valence-electron chi connectivity index (χ0n) is 10.3. The molecule has 0 spiro atoms. The fraction of sp³-hybridized carbons (Fsp3) is 0.250. The van der Waals surface area contributed by atoms with Crippen molar-refractivity contribution in [2.75, 3.05) is 5.32 Å². The summed E-state index contributed by atoms with van der Waals surface area (Å²) in [6, 6.07) is 2.76. The average Bonchev–Trinajstić information content (AvgIpc) is 2.36. The molecule has 1 atom stereocenters. The summed E-state index contributed by atoms with van der Waals surface area (Å²) in [5.74, 6) is -2.96. The molecule has 0 fully saturated rings. The maximum Gasteiger partial charge on any atom is 0.326 e. The molecule has 1 unspecified atom stereocenters. The molecule has 8 heteroatoms. The molecule has 0 aliphatic rings. The van der Waals surface area contributed by atoms with Crippen LogP contribution < -0.4 is 10.6 Å². The number of aliphatic carboxylic acids is 2. The number of carboxylic acid groups (broad SMARTS) is 2. The standard InChI is InChI=1S/C12H13FN2O5/c13-7-1-3-8(4-2-7)14-12(20)15-9(11(18)19)5-6-10(16)17/h1-4,9H,5-6H2,(H,16,17)(H,18,19)(H2,14,15,20). The van der Waals surface area contributed by atoms with Gasteiger partial charge in [-0.2, -0.15) is 0 Å². The number of hydrogen-bond acceptors (Lipinski definition) is 3. The number of carboxylic acids is 2. The van der Waals surface area contributed by atoms with Crippen LogP contribution in [0.5, 0.6) is 0 Å². The van der Waals surface area contributed by atoms with Crippen molar-refractivity contribution in [3.8, 4) is 0 Å². The highest BCUT2D eigenvalue weighted by molar-refractivity contribution is 5.92. The Balaban J connectivity index is 2.55. The fourth-order valence-electron chi connectivity index (χ4n) is 1.38. The number of urea groups is 1. The lowest BCUT2D eigenvalue weighted by Crippen LogP contribution is -2.43. The van der Waals surface area contributed by atoms with E-state index in [1.165, 1.54) is 12.1 Å². The van der Waals surface area contributed by atoms with Crippen molar-refractivity contribution in [3.05, 3.63) is 30.1 Å². The first kappa shape index (κ1) is 15.4. The van der Waals surface area contributed by atoms with E-state index in [9.17, 15) is 18.8 Å². The quantitative estimate of drug-likeness (QED) is 0.627. The van der Waals surface area contributed by atoms with Gasteiger partial charge in [0, 0.05) is 12.1 Å². The van der Waals surface area contributed by atoms with Crippen molar-refractivity contribution in [2.45, 2.75) is 18.9 Å². The van der Waals surface area contributed by atoms with Crippen LogP contribution in [-0.4, -0.2) is 34.2 Å².